The van der Waals surface area contributed by atoms with Crippen LogP contribution in [0.2, 0.25) is 0 Å². The van der Waals surface area contributed by atoms with Gasteiger partial charge in [0.05, 0.1) is 0 Å². The maximum atomic E-state index is 3.61. The molecule has 1 aromatic heterocycles. The van der Waals surface area contributed by atoms with Crippen molar-refractivity contribution in [2.75, 3.05) is 6.54 Å². The second-order valence-corrected chi connectivity index (χ2v) is 5.22. The Morgan fingerprint density at radius 3 is 2.65 bits per heavy atom. The molecule has 0 spiro atoms. The van der Waals surface area contributed by atoms with Crippen molar-refractivity contribution in [1.29, 1.82) is 0 Å². The van der Waals surface area contributed by atoms with Gasteiger partial charge in [0.15, 0.2) is 0 Å². The first-order valence-electron chi connectivity index (χ1n) is 6.58. The molecule has 2 aromatic rings. The van der Waals surface area contributed by atoms with Crippen LogP contribution in [0.25, 0.3) is 10.9 Å². The summed E-state index contributed by atoms with van der Waals surface area (Å²) in [4.78, 5) is 3.61. The Bertz CT molecular complexity index is 494. The number of rotatable bonds is 1. The van der Waals surface area contributed by atoms with Gasteiger partial charge in [0.25, 0.3) is 0 Å². The molecule has 1 fully saturated rings. The Labute approximate surface area is 102 Å². The summed E-state index contributed by atoms with van der Waals surface area (Å²) < 4.78 is 0. The molecule has 1 unspecified atom stereocenters. The first-order chi connectivity index (χ1) is 8.25. The molecule has 1 aromatic carbocycles. The van der Waals surface area contributed by atoms with E-state index in [0.717, 1.165) is 6.54 Å². The molecule has 2 heterocycles. The molecule has 0 aliphatic carbocycles. The average Bonchev–Trinajstić information content (AvgIpc) is 2.81. The van der Waals surface area contributed by atoms with Gasteiger partial charge in [-0.2, -0.15) is 0 Å². The van der Waals surface area contributed by atoms with E-state index in [1.165, 1.54) is 47.0 Å². The van der Waals surface area contributed by atoms with E-state index in [-0.39, 0.29) is 0 Å². The second-order valence-electron chi connectivity index (χ2n) is 5.22. The summed E-state index contributed by atoms with van der Waals surface area (Å²) in [5, 5.41) is 4.99. The molecule has 1 aliphatic rings. The fourth-order valence-corrected chi connectivity index (χ4v) is 2.83. The quantitative estimate of drug-likeness (QED) is 0.767. The summed E-state index contributed by atoms with van der Waals surface area (Å²) in [5.41, 5.74) is 5.38. The number of hydrogen-bond donors (Lipinski definition) is 2. The van der Waals surface area contributed by atoms with Crippen molar-refractivity contribution in [2.45, 2.75) is 39.2 Å². The fourth-order valence-electron chi connectivity index (χ4n) is 2.83. The van der Waals surface area contributed by atoms with Crippen LogP contribution in [0.5, 0.6) is 0 Å². The molecule has 90 valence electrons. The highest BCUT2D eigenvalue weighted by atomic mass is 14.9. The number of benzene rings is 1. The molecule has 2 heteroatoms. The number of piperidine rings is 1. The van der Waals surface area contributed by atoms with Gasteiger partial charge in [0, 0.05) is 22.6 Å². The van der Waals surface area contributed by atoms with Crippen LogP contribution in [-0.2, 0) is 0 Å². The van der Waals surface area contributed by atoms with Gasteiger partial charge >= 0.3 is 0 Å². The number of hydrogen-bond acceptors (Lipinski definition) is 1. The summed E-state index contributed by atoms with van der Waals surface area (Å²) >= 11 is 0. The highest BCUT2D eigenvalue weighted by Crippen LogP contribution is 2.28. The van der Waals surface area contributed by atoms with Crippen molar-refractivity contribution < 1.29 is 0 Å². The minimum atomic E-state index is 0.523. The van der Waals surface area contributed by atoms with E-state index in [9.17, 15) is 0 Å². The van der Waals surface area contributed by atoms with Gasteiger partial charge < -0.3 is 10.3 Å². The summed E-state index contributed by atoms with van der Waals surface area (Å²) in [6, 6.07) is 7.27. The molecular weight excluding hydrogens is 208 g/mol. The van der Waals surface area contributed by atoms with Gasteiger partial charge in [-0.15, -0.1) is 0 Å². The smallest absolute Gasteiger partial charge is 0.0488 e. The zero-order valence-corrected chi connectivity index (χ0v) is 10.6. The normalized spacial score (nSPS) is 20.9. The fraction of sp³-hybridized carbons (Fsp3) is 0.467. The largest absolute Gasteiger partial charge is 0.357 e. The molecule has 3 rings (SSSR count). The van der Waals surface area contributed by atoms with Crippen molar-refractivity contribution in [1.82, 2.24) is 10.3 Å². The van der Waals surface area contributed by atoms with Crippen molar-refractivity contribution in [2.24, 2.45) is 0 Å². The van der Waals surface area contributed by atoms with Crippen LogP contribution >= 0.6 is 0 Å². The maximum Gasteiger partial charge on any atom is 0.0488 e. The Balaban J connectivity index is 2.06. The lowest BCUT2D eigenvalue weighted by Crippen LogP contribution is -2.26. The molecule has 17 heavy (non-hydrogen) atoms. The van der Waals surface area contributed by atoms with Gasteiger partial charge in [-0.05, 0) is 50.4 Å². The molecule has 0 radical (unpaired) electrons. The zero-order valence-electron chi connectivity index (χ0n) is 10.6. The second kappa shape index (κ2) is 4.19. The molecule has 1 saturated heterocycles. The van der Waals surface area contributed by atoms with E-state index < -0.39 is 0 Å². The molecule has 0 saturated carbocycles. The number of fused-ring (bicyclic) bond motifs is 1. The van der Waals surface area contributed by atoms with Crippen molar-refractivity contribution >= 4 is 10.9 Å². The number of nitrogens with one attached hydrogen (secondary N) is 2. The maximum absolute atomic E-state index is 3.61. The topological polar surface area (TPSA) is 27.8 Å². The summed E-state index contributed by atoms with van der Waals surface area (Å²) in [6.45, 7) is 5.52. The number of aromatic amines is 1. The molecule has 2 N–H and O–H groups in total. The highest BCUT2D eigenvalue weighted by Gasteiger charge is 2.17. The van der Waals surface area contributed by atoms with E-state index in [2.05, 4.69) is 42.3 Å². The third-order valence-electron chi connectivity index (χ3n) is 3.93. The van der Waals surface area contributed by atoms with Crippen LogP contribution in [0.3, 0.4) is 0 Å². The average molecular weight is 228 g/mol. The van der Waals surface area contributed by atoms with Gasteiger partial charge in [0.2, 0.25) is 0 Å². The van der Waals surface area contributed by atoms with Crippen LogP contribution in [0.15, 0.2) is 18.2 Å². The van der Waals surface area contributed by atoms with Gasteiger partial charge in [-0.25, -0.2) is 0 Å². The number of aromatic nitrogens is 1. The molecule has 1 atom stereocenters. The zero-order chi connectivity index (χ0) is 11.8. The van der Waals surface area contributed by atoms with Gasteiger partial charge in [0.1, 0.15) is 0 Å². The third kappa shape index (κ3) is 1.87. The third-order valence-corrected chi connectivity index (χ3v) is 3.93. The SMILES string of the molecule is Cc1ccc(C)c2[nH]c(C3CCCCN3)cc12. The minimum absolute atomic E-state index is 0.523. The van der Waals surface area contributed by atoms with E-state index in [1.54, 1.807) is 0 Å². The molecular formula is C15H20N2. The van der Waals surface area contributed by atoms with Crippen molar-refractivity contribution in [3.63, 3.8) is 0 Å². The van der Waals surface area contributed by atoms with Gasteiger partial charge in [-0.3, -0.25) is 0 Å². The first-order valence-corrected chi connectivity index (χ1v) is 6.58. The molecule has 1 aliphatic heterocycles. The van der Waals surface area contributed by atoms with E-state index in [4.69, 9.17) is 0 Å². The standard InChI is InChI=1S/C15H20N2/c1-10-6-7-11(2)15-12(10)9-14(17-15)13-5-3-4-8-16-13/h6-7,9,13,16-17H,3-5,8H2,1-2H3. The van der Waals surface area contributed by atoms with Crippen LogP contribution < -0.4 is 5.32 Å². The van der Waals surface area contributed by atoms with Crippen molar-refractivity contribution in [3.8, 4) is 0 Å². The Morgan fingerprint density at radius 1 is 1.12 bits per heavy atom. The lowest BCUT2D eigenvalue weighted by atomic mass is 10.0. The summed E-state index contributed by atoms with van der Waals surface area (Å²) in [5.74, 6) is 0. The van der Waals surface area contributed by atoms with Crippen LogP contribution in [0.1, 0.15) is 42.1 Å². The van der Waals surface area contributed by atoms with Gasteiger partial charge in [-0.1, -0.05) is 18.6 Å². The molecule has 0 amide bonds. The Morgan fingerprint density at radius 2 is 1.94 bits per heavy atom. The van der Waals surface area contributed by atoms with E-state index in [0.29, 0.717) is 6.04 Å². The first kappa shape index (κ1) is 10.8. The van der Waals surface area contributed by atoms with E-state index >= 15 is 0 Å². The Kier molecular flexibility index (Phi) is 2.67. The van der Waals surface area contributed by atoms with Crippen LogP contribution in [0.4, 0.5) is 0 Å². The summed E-state index contributed by atoms with van der Waals surface area (Å²) in [7, 11) is 0. The van der Waals surface area contributed by atoms with Crippen LogP contribution in [-0.4, -0.2) is 11.5 Å². The van der Waals surface area contributed by atoms with Crippen LogP contribution in [0, 0.1) is 13.8 Å². The lowest BCUT2D eigenvalue weighted by Gasteiger charge is -2.22. The monoisotopic (exact) mass is 228 g/mol. The highest BCUT2D eigenvalue weighted by molar-refractivity contribution is 5.86. The molecule has 0 bridgehead atoms. The number of aryl methyl sites for hydroxylation is 2. The van der Waals surface area contributed by atoms with Crippen molar-refractivity contribution in [3.05, 3.63) is 35.0 Å². The molecule has 2 nitrogen and oxygen atoms in total. The lowest BCUT2D eigenvalue weighted by molar-refractivity contribution is 0.407. The summed E-state index contributed by atoms with van der Waals surface area (Å²) in [6.07, 6.45) is 3.91. The minimum Gasteiger partial charge on any atom is -0.357 e. The number of H-pyrrole nitrogens is 1. The predicted molar refractivity (Wildman–Crippen MR) is 72.4 cm³/mol. The predicted octanol–water partition coefficient (Wildman–Crippen LogP) is 3.60. The van der Waals surface area contributed by atoms with E-state index in [1.807, 2.05) is 0 Å². The Hall–Kier alpha value is -1.28.